The summed E-state index contributed by atoms with van der Waals surface area (Å²) < 4.78 is 11.0. The number of hydrogen-bond donors (Lipinski definition) is 2. The summed E-state index contributed by atoms with van der Waals surface area (Å²) in [5.74, 6) is 0.751. The molecule has 5 nitrogen and oxygen atoms in total. The van der Waals surface area contributed by atoms with Crippen LogP contribution >= 0.6 is 0 Å². The van der Waals surface area contributed by atoms with Crippen molar-refractivity contribution in [3.05, 3.63) is 29.8 Å². The number of aliphatic hydroxyl groups excluding tert-OH is 1. The van der Waals surface area contributed by atoms with Gasteiger partial charge in [-0.1, -0.05) is 18.2 Å². The maximum Gasteiger partial charge on any atom is 0.123 e. The molecule has 0 bridgehead atoms. The van der Waals surface area contributed by atoms with Crippen LogP contribution in [0.2, 0.25) is 0 Å². The van der Waals surface area contributed by atoms with Gasteiger partial charge in [-0.2, -0.15) is 0 Å². The number of hydrogen-bond acceptors (Lipinski definition) is 5. The van der Waals surface area contributed by atoms with Gasteiger partial charge in [0, 0.05) is 31.3 Å². The Hall–Kier alpha value is -1.14. The lowest BCUT2D eigenvalue weighted by Gasteiger charge is -2.25. The van der Waals surface area contributed by atoms with Crippen molar-refractivity contribution in [1.29, 1.82) is 0 Å². The Labute approximate surface area is 120 Å². The molecular formula is C15H24N2O3. The maximum absolute atomic E-state index is 10.1. The van der Waals surface area contributed by atoms with Gasteiger partial charge >= 0.3 is 0 Å². The smallest absolute Gasteiger partial charge is 0.123 e. The van der Waals surface area contributed by atoms with Gasteiger partial charge in [-0.25, -0.2) is 0 Å². The van der Waals surface area contributed by atoms with E-state index < -0.39 is 6.10 Å². The van der Waals surface area contributed by atoms with Gasteiger partial charge in [-0.3, -0.25) is 4.90 Å². The molecule has 3 N–H and O–H groups in total. The minimum Gasteiger partial charge on any atom is -0.491 e. The quantitative estimate of drug-likeness (QED) is 0.766. The fourth-order valence-corrected chi connectivity index (χ4v) is 2.40. The van der Waals surface area contributed by atoms with Gasteiger partial charge in [-0.05, 0) is 19.5 Å². The Bertz CT molecular complexity index is 408. The number of nitrogens with two attached hydrogens (primary N) is 1. The molecule has 1 heterocycles. The summed E-state index contributed by atoms with van der Waals surface area (Å²) in [5, 5.41) is 10.1. The first-order valence-electron chi connectivity index (χ1n) is 7.07. The van der Waals surface area contributed by atoms with E-state index in [1.165, 1.54) is 0 Å². The third-order valence-electron chi connectivity index (χ3n) is 3.65. The summed E-state index contributed by atoms with van der Waals surface area (Å²) in [7, 11) is 2.01. The molecule has 112 valence electrons. The monoisotopic (exact) mass is 280 g/mol. The molecule has 1 aliphatic heterocycles. The zero-order chi connectivity index (χ0) is 14.4. The average Bonchev–Trinajstić information content (AvgIpc) is 2.99. The van der Waals surface area contributed by atoms with Crippen molar-refractivity contribution in [3.8, 4) is 5.75 Å². The van der Waals surface area contributed by atoms with Crippen molar-refractivity contribution in [2.45, 2.75) is 25.1 Å². The van der Waals surface area contributed by atoms with Gasteiger partial charge in [0.05, 0.1) is 6.61 Å². The zero-order valence-corrected chi connectivity index (χ0v) is 12.0. The molecule has 0 aliphatic carbocycles. The average molecular weight is 280 g/mol. The lowest BCUT2D eigenvalue weighted by Crippen LogP contribution is -2.40. The Kier molecular flexibility index (Phi) is 5.79. The number of ether oxygens (including phenoxy) is 2. The lowest BCUT2D eigenvalue weighted by atomic mass is 10.2. The van der Waals surface area contributed by atoms with Gasteiger partial charge < -0.3 is 20.3 Å². The molecular weight excluding hydrogens is 256 g/mol. The normalized spacial score (nSPS) is 20.3. The minimum absolute atomic E-state index is 0.273. The largest absolute Gasteiger partial charge is 0.491 e. The molecule has 5 heteroatoms. The summed E-state index contributed by atoms with van der Waals surface area (Å²) in [6.07, 6.45) is 0.506. The van der Waals surface area contributed by atoms with Crippen molar-refractivity contribution in [2.24, 2.45) is 5.73 Å². The van der Waals surface area contributed by atoms with E-state index in [9.17, 15) is 5.11 Å². The number of aliphatic hydroxyl groups is 1. The highest BCUT2D eigenvalue weighted by molar-refractivity contribution is 5.32. The number of nitrogens with zero attached hydrogens (tertiary/aromatic N) is 1. The van der Waals surface area contributed by atoms with Crippen molar-refractivity contribution in [3.63, 3.8) is 0 Å². The Morgan fingerprint density at radius 1 is 1.50 bits per heavy atom. The fraction of sp³-hybridized carbons (Fsp3) is 0.600. The molecule has 2 unspecified atom stereocenters. The van der Waals surface area contributed by atoms with E-state index in [-0.39, 0.29) is 6.61 Å². The minimum atomic E-state index is -0.522. The van der Waals surface area contributed by atoms with Crippen molar-refractivity contribution < 1.29 is 14.6 Å². The Morgan fingerprint density at radius 3 is 3.00 bits per heavy atom. The zero-order valence-electron chi connectivity index (χ0n) is 12.0. The number of para-hydroxylation sites is 1. The summed E-state index contributed by atoms with van der Waals surface area (Å²) in [6, 6.07) is 8.05. The second-order valence-electron chi connectivity index (χ2n) is 5.23. The highest BCUT2D eigenvalue weighted by Crippen LogP contribution is 2.17. The summed E-state index contributed by atoms with van der Waals surface area (Å²) in [5.41, 5.74) is 6.61. The van der Waals surface area contributed by atoms with Crippen LogP contribution in [-0.4, -0.2) is 55.6 Å². The molecule has 0 radical (unpaired) electrons. The van der Waals surface area contributed by atoms with Crippen LogP contribution in [-0.2, 0) is 11.3 Å². The van der Waals surface area contributed by atoms with Gasteiger partial charge in [0.15, 0.2) is 0 Å². The fourth-order valence-electron chi connectivity index (χ4n) is 2.40. The van der Waals surface area contributed by atoms with E-state index in [0.29, 0.717) is 19.1 Å². The molecule has 1 aliphatic rings. The highest BCUT2D eigenvalue weighted by Gasteiger charge is 2.22. The van der Waals surface area contributed by atoms with Gasteiger partial charge in [0.2, 0.25) is 0 Å². The van der Waals surface area contributed by atoms with Gasteiger partial charge in [-0.15, -0.1) is 0 Å². The maximum atomic E-state index is 10.1. The topological polar surface area (TPSA) is 68.0 Å². The van der Waals surface area contributed by atoms with Crippen molar-refractivity contribution in [2.75, 3.05) is 33.4 Å². The molecule has 0 spiro atoms. The lowest BCUT2D eigenvalue weighted by molar-refractivity contribution is 0.0594. The first-order chi connectivity index (χ1) is 9.70. The molecule has 0 saturated carbocycles. The highest BCUT2D eigenvalue weighted by atomic mass is 16.5. The van der Waals surface area contributed by atoms with E-state index in [2.05, 4.69) is 4.90 Å². The van der Waals surface area contributed by atoms with E-state index in [4.69, 9.17) is 15.2 Å². The Balaban J connectivity index is 1.78. The molecule has 2 atom stereocenters. The summed E-state index contributed by atoms with van der Waals surface area (Å²) in [6.45, 7) is 2.85. The summed E-state index contributed by atoms with van der Waals surface area (Å²) in [4.78, 5) is 2.13. The second kappa shape index (κ2) is 7.59. The van der Waals surface area contributed by atoms with Crippen molar-refractivity contribution >= 4 is 0 Å². The molecule has 1 saturated heterocycles. The summed E-state index contributed by atoms with van der Waals surface area (Å²) >= 11 is 0. The third kappa shape index (κ3) is 4.18. The van der Waals surface area contributed by atoms with Crippen LogP contribution in [0.3, 0.4) is 0 Å². The Morgan fingerprint density at radius 2 is 2.30 bits per heavy atom. The van der Waals surface area contributed by atoms with Crippen molar-refractivity contribution in [1.82, 2.24) is 4.90 Å². The SMILES string of the molecule is CN(CC(O)COc1ccccc1CN)C1CCOC1. The van der Waals surface area contributed by atoms with Gasteiger partial charge in [0.25, 0.3) is 0 Å². The molecule has 1 aromatic rings. The van der Waals surface area contributed by atoms with E-state index in [0.717, 1.165) is 30.9 Å². The van der Waals surface area contributed by atoms with Crippen LogP contribution in [0, 0.1) is 0 Å². The number of likely N-dealkylation sites (N-methyl/N-ethyl adjacent to an activating group) is 1. The predicted molar refractivity (Wildman–Crippen MR) is 77.7 cm³/mol. The van der Waals surface area contributed by atoms with E-state index >= 15 is 0 Å². The second-order valence-corrected chi connectivity index (χ2v) is 5.23. The molecule has 2 rings (SSSR count). The van der Waals surface area contributed by atoms with Crippen LogP contribution in [0.25, 0.3) is 0 Å². The first-order valence-corrected chi connectivity index (χ1v) is 7.07. The van der Waals surface area contributed by atoms with Crippen LogP contribution < -0.4 is 10.5 Å². The molecule has 20 heavy (non-hydrogen) atoms. The number of benzene rings is 1. The molecule has 1 aromatic carbocycles. The molecule has 0 amide bonds. The van der Waals surface area contributed by atoms with E-state index in [1.807, 2.05) is 31.3 Å². The molecule has 1 fully saturated rings. The molecule has 0 aromatic heterocycles. The first kappa shape index (κ1) is 15.3. The van der Waals surface area contributed by atoms with E-state index in [1.54, 1.807) is 0 Å². The van der Waals surface area contributed by atoms with Crippen LogP contribution in [0.5, 0.6) is 5.75 Å². The number of rotatable bonds is 7. The third-order valence-corrected chi connectivity index (χ3v) is 3.65. The standard InChI is InChI=1S/C15H24N2O3/c1-17(13-6-7-19-10-13)9-14(18)11-20-15-5-3-2-4-12(15)8-16/h2-5,13-14,18H,6-11,16H2,1H3. The predicted octanol–water partition coefficient (Wildman–Crippen LogP) is 0.606. The van der Waals surface area contributed by atoms with Gasteiger partial charge in [0.1, 0.15) is 18.5 Å². The van der Waals surface area contributed by atoms with Crippen LogP contribution in [0.1, 0.15) is 12.0 Å². The van der Waals surface area contributed by atoms with Crippen LogP contribution in [0.4, 0.5) is 0 Å². The van der Waals surface area contributed by atoms with Crippen LogP contribution in [0.15, 0.2) is 24.3 Å².